The fraction of sp³-hybridized carbons (Fsp3) is 0.300. The van der Waals surface area contributed by atoms with E-state index in [2.05, 4.69) is 5.32 Å². The zero-order chi connectivity index (χ0) is 19.7. The molecule has 2 aromatic carbocycles. The Hall–Kier alpha value is -2.29. The molecule has 1 N–H and O–H groups in total. The summed E-state index contributed by atoms with van der Waals surface area (Å²) in [6, 6.07) is 14.0. The van der Waals surface area contributed by atoms with Gasteiger partial charge in [-0.25, -0.2) is 13.4 Å². The Morgan fingerprint density at radius 2 is 1.89 bits per heavy atom. The predicted molar refractivity (Wildman–Crippen MR) is 111 cm³/mol. The minimum absolute atomic E-state index is 0.192. The quantitative estimate of drug-likeness (QED) is 0.694. The zero-order valence-electron chi connectivity index (χ0n) is 15.5. The van der Waals surface area contributed by atoms with Crippen LogP contribution in [-0.4, -0.2) is 30.2 Å². The van der Waals surface area contributed by atoms with Gasteiger partial charge in [-0.2, -0.15) is 4.31 Å². The average molecular weight is 416 g/mol. The van der Waals surface area contributed by atoms with Crippen molar-refractivity contribution in [1.29, 1.82) is 0 Å². The maximum atomic E-state index is 13.3. The number of hydrogen-bond acceptors (Lipinski definition) is 5. The molecular formula is C20H21N3O3S2. The lowest BCUT2D eigenvalue weighted by molar-refractivity contribution is -0.114. The SMILES string of the molecule is CC(=O)Nc1ccc(S(=O)(=O)N2CCCC[C@H]2c2nc3ccccc3s2)cc1. The fourth-order valence-electron chi connectivity index (χ4n) is 3.52. The fourth-order valence-corrected chi connectivity index (χ4v) is 6.36. The number of para-hydroxylation sites is 1. The van der Waals surface area contributed by atoms with Gasteiger partial charge in [0.05, 0.1) is 21.2 Å². The van der Waals surface area contributed by atoms with Gasteiger partial charge in [0, 0.05) is 19.2 Å². The number of nitrogens with one attached hydrogen (secondary N) is 1. The first-order valence-corrected chi connectivity index (χ1v) is 11.5. The highest BCUT2D eigenvalue weighted by atomic mass is 32.2. The summed E-state index contributed by atoms with van der Waals surface area (Å²) < 4.78 is 29.3. The number of thiazole rings is 1. The highest BCUT2D eigenvalue weighted by Crippen LogP contribution is 2.38. The van der Waals surface area contributed by atoms with Gasteiger partial charge in [-0.3, -0.25) is 4.79 Å². The van der Waals surface area contributed by atoms with E-state index in [0.717, 1.165) is 34.5 Å². The second kappa shape index (κ2) is 7.62. The summed E-state index contributed by atoms with van der Waals surface area (Å²) in [5, 5.41) is 3.50. The highest BCUT2D eigenvalue weighted by molar-refractivity contribution is 7.89. The highest BCUT2D eigenvalue weighted by Gasteiger charge is 2.36. The van der Waals surface area contributed by atoms with Crippen LogP contribution in [0.5, 0.6) is 0 Å². The number of benzene rings is 2. The predicted octanol–water partition coefficient (Wildman–Crippen LogP) is 4.17. The molecule has 4 rings (SSSR count). The molecule has 2 heterocycles. The van der Waals surface area contributed by atoms with Crippen molar-refractivity contribution in [3.63, 3.8) is 0 Å². The number of nitrogens with zero attached hydrogens (tertiary/aromatic N) is 2. The molecule has 1 aliphatic heterocycles. The number of amides is 1. The molecule has 0 radical (unpaired) electrons. The maximum Gasteiger partial charge on any atom is 0.243 e. The summed E-state index contributed by atoms with van der Waals surface area (Å²) in [5.41, 5.74) is 1.48. The molecule has 6 nitrogen and oxygen atoms in total. The Morgan fingerprint density at radius 3 is 2.61 bits per heavy atom. The van der Waals surface area contributed by atoms with Crippen LogP contribution in [0.3, 0.4) is 0 Å². The summed E-state index contributed by atoms with van der Waals surface area (Å²) in [6.45, 7) is 1.90. The number of carbonyl (C=O) groups excluding carboxylic acids is 1. The number of fused-ring (bicyclic) bond motifs is 1. The summed E-state index contributed by atoms with van der Waals surface area (Å²) in [5.74, 6) is -0.192. The standard InChI is InChI=1S/C20H21N3O3S2/c1-14(24)21-15-9-11-16(12-10-15)28(25,26)23-13-5-4-7-18(23)20-22-17-6-2-3-8-19(17)27-20/h2-3,6,8-12,18H,4-5,7,13H2,1H3,(H,21,24)/t18-/m0/s1. The van der Waals surface area contributed by atoms with Gasteiger partial charge in [-0.15, -0.1) is 11.3 Å². The van der Waals surface area contributed by atoms with Crippen LogP contribution in [-0.2, 0) is 14.8 Å². The van der Waals surface area contributed by atoms with Gasteiger partial charge in [-0.05, 0) is 49.2 Å². The van der Waals surface area contributed by atoms with E-state index in [9.17, 15) is 13.2 Å². The second-order valence-corrected chi connectivity index (χ2v) is 9.81. The third-order valence-electron chi connectivity index (χ3n) is 4.83. The Balaban J connectivity index is 1.67. The molecule has 28 heavy (non-hydrogen) atoms. The van der Waals surface area contributed by atoms with Gasteiger partial charge < -0.3 is 5.32 Å². The summed E-state index contributed by atoms with van der Waals surface area (Å²) in [4.78, 5) is 16.1. The first kappa shape index (κ1) is 19.0. The van der Waals surface area contributed by atoms with Crippen molar-refractivity contribution in [3.05, 3.63) is 53.5 Å². The van der Waals surface area contributed by atoms with Crippen molar-refractivity contribution >= 4 is 43.2 Å². The van der Waals surface area contributed by atoms with E-state index in [4.69, 9.17) is 4.98 Å². The Morgan fingerprint density at radius 1 is 1.14 bits per heavy atom. The van der Waals surface area contributed by atoms with Gasteiger partial charge in [-0.1, -0.05) is 18.6 Å². The Labute approximate surface area is 168 Å². The van der Waals surface area contributed by atoms with Crippen LogP contribution in [0.2, 0.25) is 0 Å². The topological polar surface area (TPSA) is 79.4 Å². The maximum absolute atomic E-state index is 13.3. The number of sulfonamides is 1. The van der Waals surface area contributed by atoms with E-state index in [-0.39, 0.29) is 16.8 Å². The van der Waals surface area contributed by atoms with Crippen LogP contribution in [0.15, 0.2) is 53.4 Å². The number of hydrogen-bond donors (Lipinski definition) is 1. The molecule has 1 aromatic heterocycles. The van der Waals surface area contributed by atoms with Gasteiger partial charge in [0.15, 0.2) is 0 Å². The third kappa shape index (κ3) is 3.67. The molecule has 3 aromatic rings. The van der Waals surface area contributed by atoms with Crippen LogP contribution >= 0.6 is 11.3 Å². The lowest BCUT2D eigenvalue weighted by atomic mass is 10.1. The van der Waals surface area contributed by atoms with Crippen molar-refractivity contribution in [3.8, 4) is 0 Å². The van der Waals surface area contributed by atoms with E-state index in [1.54, 1.807) is 39.9 Å². The van der Waals surface area contributed by atoms with Crippen molar-refractivity contribution in [2.45, 2.75) is 37.1 Å². The van der Waals surface area contributed by atoms with E-state index >= 15 is 0 Å². The van der Waals surface area contributed by atoms with E-state index in [0.29, 0.717) is 12.2 Å². The molecule has 0 unspecified atom stereocenters. The molecule has 1 atom stereocenters. The molecule has 1 fully saturated rings. The van der Waals surface area contributed by atoms with Gasteiger partial charge >= 0.3 is 0 Å². The van der Waals surface area contributed by atoms with Crippen molar-refractivity contribution < 1.29 is 13.2 Å². The average Bonchev–Trinajstić information content (AvgIpc) is 3.12. The molecule has 0 spiro atoms. The number of rotatable bonds is 4. The van der Waals surface area contributed by atoms with Crippen LogP contribution in [0.1, 0.15) is 37.2 Å². The molecule has 1 saturated heterocycles. The van der Waals surface area contributed by atoms with Crippen LogP contribution in [0, 0.1) is 0 Å². The minimum atomic E-state index is -3.65. The number of aromatic nitrogens is 1. The van der Waals surface area contributed by atoms with Gasteiger partial charge in [0.2, 0.25) is 15.9 Å². The van der Waals surface area contributed by atoms with Crippen LogP contribution in [0.25, 0.3) is 10.2 Å². The first-order chi connectivity index (χ1) is 13.4. The minimum Gasteiger partial charge on any atom is -0.326 e. The van der Waals surface area contributed by atoms with Crippen LogP contribution in [0.4, 0.5) is 5.69 Å². The summed E-state index contributed by atoms with van der Waals surface area (Å²) in [7, 11) is -3.65. The zero-order valence-corrected chi connectivity index (χ0v) is 17.1. The Kier molecular flexibility index (Phi) is 5.18. The van der Waals surface area contributed by atoms with Crippen LogP contribution < -0.4 is 5.32 Å². The Bertz CT molecular complexity index is 1070. The van der Waals surface area contributed by atoms with Gasteiger partial charge in [0.1, 0.15) is 5.01 Å². The third-order valence-corrected chi connectivity index (χ3v) is 7.89. The van der Waals surface area contributed by atoms with E-state index < -0.39 is 10.0 Å². The summed E-state index contributed by atoms with van der Waals surface area (Å²) >= 11 is 1.56. The monoisotopic (exact) mass is 415 g/mol. The normalized spacial score (nSPS) is 18.2. The number of carbonyl (C=O) groups is 1. The smallest absolute Gasteiger partial charge is 0.243 e. The molecule has 146 valence electrons. The lowest BCUT2D eigenvalue weighted by Gasteiger charge is -2.33. The summed E-state index contributed by atoms with van der Waals surface area (Å²) in [6.07, 6.45) is 2.59. The second-order valence-electron chi connectivity index (χ2n) is 6.85. The molecule has 0 bridgehead atoms. The molecule has 0 aliphatic carbocycles. The van der Waals surface area contributed by atoms with Crippen molar-refractivity contribution in [2.24, 2.45) is 0 Å². The van der Waals surface area contributed by atoms with Gasteiger partial charge in [0.25, 0.3) is 0 Å². The molecule has 0 saturated carbocycles. The van der Waals surface area contributed by atoms with E-state index in [1.165, 1.54) is 6.92 Å². The molecular weight excluding hydrogens is 394 g/mol. The van der Waals surface area contributed by atoms with E-state index in [1.807, 2.05) is 24.3 Å². The molecule has 1 aliphatic rings. The largest absolute Gasteiger partial charge is 0.326 e. The van der Waals surface area contributed by atoms with Crippen molar-refractivity contribution in [1.82, 2.24) is 9.29 Å². The molecule has 1 amide bonds. The number of anilines is 1. The van der Waals surface area contributed by atoms with Crippen molar-refractivity contribution in [2.75, 3.05) is 11.9 Å². The lowest BCUT2D eigenvalue weighted by Crippen LogP contribution is -2.38. The first-order valence-electron chi connectivity index (χ1n) is 9.20. The number of piperidine rings is 1. The molecule has 8 heteroatoms.